The van der Waals surface area contributed by atoms with Gasteiger partial charge in [-0.1, -0.05) is 12.5 Å². The Labute approximate surface area is 149 Å². The molecule has 6 heteroatoms. The van der Waals surface area contributed by atoms with Crippen molar-refractivity contribution in [3.63, 3.8) is 0 Å². The molecule has 0 aromatic carbocycles. The molecule has 1 aromatic heterocycles. The lowest BCUT2D eigenvalue weighted by Gasteiger charge is -2.29. The molecule has 2 atom stereocenters. The maximum absolute atomic E-state index is 12.2. The Morgan fingerprint density at radius 3 is 2.80 bits per heavy atom. The highest BCUT2D eigenvalue weighted by Gasteiger charge is 2.27. The number of nitrogens with zero attached hydrogens (tertiary/aromatic N) is 1. The molecule has 0 aliphatic heterocycles. The fourth-order valence-electron chi connectivity index (χ4n) is 3.05. The van der Waals surface area contributed by atoms with Crippen LogP contribution in [-0.2, 0) is 4.79 Å². The maximum atomic E-state index is 12.2. The van der Waals surface area contributed by atoms with Gasteiger partial charge in [0.15, 0.2) is 0 Å². The largest absolute Gasteiger partial charge is 0.367 e. The highest BCUT2D eigenvalue weighted by Crippen LogP contribution is 2.26. The number of carbonyl (C=O) groups excluding carboxylic acids is 2. The van der Waals surface area contributed by atoms with E-state index in [4.69, 9.17) is 0 Å². The first-order chi connectivity index (χ1) is 12.0. The second-order valence-electron chi connectivity index (χ2n) is 6.80. The van der Waals surface area contributed by atoms with Gasteiger partial charge in [0.1, 0.15) is 5.82 Å². The molecule has 1 saturated carbocycles. The minimum absolute atomic E-state index is 0.0533. The van der Waals surface area contributed by atoms with E-state index in [0.717, 1.165) is 31.5 Å². The van der Waals surface area contributed by atoms with Crippen LogP contribution in [0.15, 0.2) is 31.0 Å². The van der Waals surface area contributed by atoms with Crippen molar-refractivity contribution >= 4 is 17.6 Å². The lowest BCUT2D eigenvalue weighted by molar-refractivity contribution is -0.126. The lowest BCUT2D eigenvalue weighted by Crippen LogP contribution is -2.40. The van der Waals surface area contributed by atoms with Crippen LogP contribution in [0.5, 0.6) is 0 Å². The normalized spacial score (nSPS) is 20.0. The molecule has 25 heavy (non-hydrogen) atoms. The molecule has 0 unspecified atom stereocenters. The number of nitrogens with one attached hydrogen (secondary N) is 3. The van der Waals surface area contributed by atoms with Gasteiger partial charge < -0.3 is 16.0 Å². The molecule has 6 nitrogen and oxygen atoms in total. The quantitative estimate of drug-likeness (QED) is 0.664. The average molecular weight is 344 g/mol. The topological polar surface area (TPSA) is 83.1 Å². The maximum Gasteiger partial charge on any atom is 0.253 e. The van der Waals surface area contributed by atoms with Crippen molar-refractivity contribution in [3.05, 3.63) is 36.5 Å². The summed E-state index contributed by atoms with van der Waals surface area (Å²) >= 11 is 0. The molecule has 0 radical (unpaired) electrons. The van der Waals surface area contributed by atoms with Crippen LogP contribution in [0.25, 0.3) is 0 Å². The molecule has 0 saturated heterocycles. The van der Waals surface area contributed by atoms with Crippen molar-refractivity contribution in [2.75, 3.05) is 11.9 Å². The third kappa shape index (κ3) is 5.89. The van der Waals surface area contributed by atoms with Crippen LogP contribution in [0.1, 0.15) is 49.9 Å². The zero-order chi connectivity index (χ0) is 18.2. The smallest absolute Gasteiger partial charge is 0.253 e. The molecule has 136 valence electrons. The highest BCUT2D eigenvalue weighted by molar-refractivity contribution is 5.94. The van der Waals surface area contributed by atoms with Crippen molar-refractivity contribution in [1.82, 2.24) is 15.6 Å². The van der Waals surface area contributed by atoms with Gasteiger partial charge in [0.2, 0.25) is 5.91 Å². The fourth-order valence-corrected chi connectivity index (χ4v) is 3.05. The zero-order valence-electron chi connectivity index (χ0n) is 15.0. The number of carbonyl (C=O) groups is 2. The molecule has 2 rings (SSSR count). The Morgan fingerprint density at radius 1 is 1.36 bits per heavy atom. The monoisotopic (exact) mass is 344 g/mol. The van der Waals surface area contributed by atoms with Gasteiger partial charge in [-0.05, 0) is 45.2 Å². The Balaban J connectivity index is 1.89. The predicted molar refractivity (Wildman–Crippen MR) is 99.4 cm³/mol. The van der Waals surface area contributed by atoms with Crippen LogP contribution in [0, 0.1) is 5.92 Å². The minimum Gasteiger partial charge on any atom is -0.367 e. The molecule has 1 aliphatic rings. The summed E-state index contributed by atoms with van der Waals surface area (Å²) in [6.07, 6.45) is 6.99. The molecule has 1 fully saturated rings. The van der Waals surface area contributed by atoms with Gasteiger partial charge in [-0.2, -0.15) is 0 Å². The molecular weight excluding hydrogens is 316 g/mol. The first kappa shape index (κ1) is 19.0. The van der Waals surface area contributed by atoms with E-state index in [0.29, 0.717) is 12.1 Å². The summed E-state index contributed by atoms with van der Waals surface area (Å²) in [5, 5.41) is 9.11. The van der Waals surface area contributed by atoms with Gasteiger partial charge in [-0.15, -0.1) is 6.58 Å². The van der Waals surface area contributed by atoms with Crippen LogP contribution in [0.3, 0.4) is 0 Å². The van der Waals surface area contributed by atoms with Crippen molar-refractivity contribution in [2.45, 2.75) is 51.6 Å². The molecule has 0 spiro atoms. The molecule has 3 N–H and O–H groups in total. The third-order valence-electron chi connectivity index (χ3n) is 4.26. The summed E-state index contributed by atoms with van der Waals surface area (Å²) in [6, 6.07) is 3.95. The number of aromatic nitrogens is 1. The highest BCUT2D eigenvalue weighted by atomic mass is 16.2. The molecule has 2 amide bonds. The Hall–Kier alpha value is -2.37. The minimum atomic E-state index is -0.165. The number of pyridine rings is 1. The summed E-state index contributed by atoms with van der Waals surface area (Å²) in [7, 11) is 0. The molecule has 1 aliphatic carbocycles. The summed E-state index contributed by atoms with van der Waals surface area (Å²) in [5.41, 5.74) is 0.519. The SMILES string of the molecule is C=CCNC(=O)c1ccc(N[C@@H]2CCC[C@H](C(=O)NC(C)C)C2)nc1. The molecule has 1 heterocycles. The van der Waals surface area contributed by atoms with E-state index in [2.05, 4.69) is 27.5 Å². The summed E-state index contributed by atoms with van der Waals surface area (Å²) in [6.45, 7) is 7.96. The van der Waals surface area contributed by atoms with E-state index < -0.39 is 0 Å². The van der Waals surface area contributed by atoms with Crippen LogP contribution >= 0.6 is 0 Å². The second kappa shape index (κ2) is 9.20. The Bertz CT molecular complexity index is 598. The average Bonchev–Trinajstić information content (AvgIpc) is 2.60. The second-order valence-corrected chi connectivity index (χ2v) is 6.80. The van der Waals surface area contributed by atoms with Crippen molar-refractivity contribution < 1.29 is 9.59 Å². The van der Waals surface area contributed by atoms with E-state index in [1.807, 2.05) is 13.8 Å². The standard InChI is InChI=1S/C19H28N4O2/c1-4-10-20-18(24)15-8-9-17(21-12-15)23-16-7-5-6-14(11-16)19(25)22-13(2)3/h4,8-9,12-14,16H,1,5-7,10-11H2,2-3H3,(H,20,24)(H,21,23)(H,22,25)/t14-,16+/m0/s1. The lowest BCUT2D eigenvalue weighted by atomic mass is 9.85. The molecular formula is C19H28N4O2. The van der Waals surface area contributed by atoms with Crippen molar-refractivity contribution in [2.24, 2.45) is 5.92 Å². The van der Waals surface area contributed by atoms with Crippen LogP contribution < -0.4 is 16.0 Å². The van der Waals surface area contributed by atoms with Crippen LogP contribution in [0.2, 0.25) is 0 Å². The molecule has 0 bridgehead atoms. The fraction of sp³-hybridized carbons (Fsp3) is 0.526. The van der Waals surface area contributed by atoms with Gasteiger partial charge in [0.05, 0.1) is 5.56 Å². The summed E-state index contributed by atoms with van der Waals surface area (Å²) < 4.78 is 0. The van der Waals surface area contributed by atoms with Gasteiger partial charge in [-0.3, -0.25) is 9.59 Å². The van der Waals surface area contributed by atoms with Crippen molar-refractivity contribution in [1.29, 1.82) is 0 Å². The van der Waals surface area contributed by atoms with Crippen LogP contribution in [-0.4, -0.2) is 35.4 Å². The van der Waals surface area contributed by atoms with E-state index in [1.54, 1.807) is 24.4 Å². The van der Waals surface area contributed by atoms with Gasteiger partial charge >= 0.3 is 0 Å². The number of anilines is 1. The summed E-state index contributed by atoms with van der Waals surface area (Å²) in [4.78, 5) is 28.4. The van der Waals surface area contributed by atoms with E-state index in [9.17, 15) is 9.59 Å². The number of amides is 2. The van der Waals surface area contributed by atoms with Gasteiger partial charge in [0.25, 0.3) is 5.91 Å². The summed E-state index contributed by atoms with van der Waals surface area (Å²) in [5.74, 6) is 0.763. The number of hydrogen-bond acceptors (Lipinski definition) is 4. The third-order valence-corrected chi connectivity index (χ3v) is 4.26. The van der Waals surface area contributed by atoms with E-state index in [-0.39, 0.29) is 29.8 Å². The van der Waals surface area contributed by atoms with Crippen LogP contribution in [0.4, 0.5) is 5.82 Å². The Morgan fingerprint density at radius 2 is 2.16 bits per heavy atom. The Kier molecular flexibility index (Phi) is 6.98. The first-order valence-corrected chi connectivity index (χ1v) is 8.91. The van der Waals surface area contributed by atoms with E-state index in [1.165, 1.54) is 0 Å². The number of rotatable bonds is 7. The predicted octanol–water partition coefficient (Wildman–Crippen LogP) is 2.49. The van der Waals surface area contributed by atoms with Gasteiger partial charge in [0, 0.05) is 30.7 Å². The zero-order valence-corrected chi connectivity index (χ0v) is 15.0. The van der Waals surface area contributed by atoms with Crippen molar-refractivity contribution in [3.8, 4) is 0 Å². The van der Waals surface area contributed by atoms with Gasteiger partial charge in [-0.25, -0.2) is 4.98 Å². The van der Waals surface area contributed by atoms with E-state index >= 15 is 0 Å². The number of hydrogen-bond donors (Lipinski definition) is 3. The molecule has 1 aromatic rings. The first-order valence-electron chi connectivity index (χ1n) is 8.91.